The van der Waals surface area contributed by atoms with Crippen LogP contribution in [0, 0.1) is 0 Å². The fraction of sp³-hybridized carbons (Fsp3) is 0.130. The van der Waals surface area contributed by atoms with Gasteiger partial charge in [-0.05, 0) is 47.6 Å². The van der Waals surface area contributed by atoms with E-state index in [1.54, 1.807) is 18.2 Å². The largest absolute Gasteiger partial charge is 0.492 e. The third-order valence-corrected chi connectivity index (χ3v) is 5.41. The van der Waals surface area contributed by atoms with E-state index in [0.29, 0.717) is 29.5 Å². The van der Waals surface area contributed by atoms with Crippen LogP contribution in [0.5, 0.6) is 5.75 Å². The smallest absolute Gasteiger partial charge is 0.261 e. The van der Waals surface area contributed by atoms with Gasteiger partial charge in [-0.1, -0.05) is 76.1 Å². The first-order chi connectivity index (χ1) is 14.5. The maximum Gasteiger partial charge on any atom is 0.261 e. The topological polar surface area (TPSA) is 50.4 Å². The van der Waals surface area contributed by atoms with Gasteiger partial charge in [0.2, 0.25) is 0 Å². The Bertz CT molecular complexity index is 1030. The second-order valence-electron chi connectivity index (χ2n) is 6.45. The van der Waals surface area contributed by atoms with Crippen LogP contribution in [0.2, 0.25) is 5.02 Å². The molecule has 0 fully saturated rings. The minimum absolute atomic E-state index is 0.218. The van der Waals surface area contributed by atoms with Gasteiger partial charge in [0.25, 0.3) is 5.91 Å². The fourth-order valence-corrected chi connectivity index (χ4v) is 3.49. The fourth-order valence-electron chi connectivity index (χ4n) is 2.76. The Morgan fingerprint density at radius 1 is 1.03 bits per heavy atom. The minimum atomic E-state index is -0.345. The predicted molar refractivity (Wildman–Crippen MR) is 128 cm³/mol. The Hall–Kier alpha value is -2.41. The molecular weight excluding hydrogens is 484 g/mol. The normalized spacial score (nSPS) is 10.3. The van der Waals surface area contributed by atoms with E-state index in [4.69, 9.17) is 28.6 Å². The molecule has 0 aromatic heterocycles. The maximum absolute atomic E-state index is 12.8. The van der Waals surface area contributed by atoms with Gasteiger partial charge in [0, 0.05) is 22.5 Å². The van der Waals surface area contributed by atoms with Gasteiger partial charge in [-0.2, -0.15) is 0 Å². The number of hydrogen-bond acceptors (Lipinski definition) is 3. The van der Waals surface area contributed by atoms with E-state index in [9.17, 15) is 4.79 Å². The van der Waals surface area contributed by atoms with E-state index in [2.05, 4.69) is 26.6 Å². The minimum Gasteiger partial charge on any atom is -0.492 e. The highest BCUT2D eigenvalue weighted by Gasteiger charge is 2.15. The highest BCUT2D eigenvalue weighted by molar-refractivity contribution is 9.10. The van der Waals surface area contributed by atoms with Crippen LogP contribution in [0.4, 0.5) is 0 Å². The molecule has 0 bridgehead atoms. The second kappa shape index (κ2) is 11.1. The average Bonchev–Trinajstić information content (AvgIpc) is 2.75. The molecule has 0 aliphatic heterocycles. The first-order valence-electron chi connectivity index (χ1n) is 9.32. The Kier molecular flexibility index (Phi) is 8.25. The van der Waals surface area contributed by atoms with Crippen molar-refractivity contribution in [2.45, 2.75) is 13.0 Å². The monoisotopic (exact) mass is 502 g/mol. The number of nitrogens with one attached hydrogen (secondary N) is 2. The molecule has 0 aliphatic carbocycles. The van der Waals surface area contributed by atoms with E-state index in [0.717, 1.165) is 16.5 Å². The summed E-state index contributed by atoms with van der Waals surface area (Å²) >= 11 is 14.8. The van der Waals surface area contributed by atoms with Gasteiger partial charge in [0.1, 0.15) is 5.75 Å². The summed E-state index contributed by atoms with van der Waals surface area (Å²) in [6.07, 6.45) is 0.746. The van der Waals surface area contributed by atoms with Crippen LogP contribution >= 0.6 is 39.7 Å². The van der Waals surface area contributed by atoms with E-state index in [-0.39, 0.29) is 11.0 Å². The first kappa shape index (κ1) is 22.3. The van der Waals surface area contributed by atoms with Gasteiger partial charge in [-0.25, -0.2) is 0 Å². The van der Waals surface area contributed by atoms with Gasteiger partial charge in [0.05, 0.1) is 12.2 Å². The van der Waals surface area contributed by atoms with Crippen LogP contribution in [-0.4, -0.2) is 17.6 Å². The van der Waals surface area contributed by atoms with Gasteiger partial charge < -0.3 is 10.1 Å². The lowest BCUT2D eigenvalue weighted by molar-refractivity contribution is 0.0972. The number of thiocarbonyl (C=S) groups is 1. The Labute approximate surface area is 194 Å². The molecule has 1 amide bonds. The summed E-state index contributed by atoms with van der Waals surface area (Å²) in [5, 5.41) is 6.56. The molecule has 4 nitrogen and oxygen atoms in total. The number of benzene rings is 3. The van der Waals surface area contributed by atoms with Crippen molar-refractivity contribution in [1.29, 1.82) is 0 Å². The molecule has 0 saturated heterocycles. The third-order valence-electron chi connectivity index (χ3n) is 4.30. The summed E-state index contributed by atoms with van der Waals surface area (Å²) in [6, 6.07) is 22.8. The zero-order valence-corrected chi connectivity index (χ0v) is 19.2. The number of carbonyl (C=O) groups is 1. The van der Waals surface area contributed by atoms with Crippen molar-refractivity contribution in [1.82, 2.24) is 10.6 Å². The summed E-state index contributed by atoms with van der Waals surface area (Å²) in [5.74, 6) is 0.156. The van der Waals surface area contributed by atoms with Gasteiger partial charge in [-0.3, -0.25) is 10.1 Å². The molecule has 3 aromatic rings. The Balaban J connectivity index is 1.59. The van der Waals surface area contributed by atoms with E-state index in [1.165, 1.54) is 5.56 Å². The van der Waals surface area contributed by atoms with Crippen molar-refractivity contribution in [2.24, 2.45) is 0 Å². The number of amides is 1. The third kappa shape index (κ3) is 6.55. The highest BCUT2D eigenvalue weighted by Crippen LogP contribution is 2.23. The molecule has 0 unspecified atom stereocenters. The van der Waals surface area contributed by atoms with Crippen LogP contribution < -0.4 is 15.4 Å². The van der Waals surface area contributed by atoms with Crippen molar-refractivity contribution in [3.05, 3.63) is 99.0 Å². The number of ether oxygens (including phenoxy) is 1. The molecule has 7 heteroatoms. The maximum atomic E-state index is 12.8. The zero-order valence-electron chi connectivity index (χ0n) is 16.0. The predicted octanol–water partition coefficient (Wildman–Crippen LogP) is 5.53. The zero-order chi connectivity index (χ0) is 21.3. The molecule has 0 spiro atoms. The Morgan fingerprint density at radius 2 is 1.77 bits per heavy atom. The van der Waals surface area contributed by atoms with Gasteiger partial charge in [-0.15, -0.1) is 0 Å². The molecule has 0 aliphatic rings. The summed E-state index contributed by atoms with van der Waals surface area (Å²) < 4.78 is 6.66. The van der Waals surface area contributed by atoms with E-state index >= 15 is 0 Å². The van der Waals surface area contributed by atoms with Gasteiger partial charge >= 0.3 is 0 Å². The lowest BCUT2D eigenvalue weighted by atomic mass is 10.1. The van der Waals surface area contributed by atoms with Crippen LogP contribution in [0.1, 0.15) is 21.5 Å². The summed E-state index contributed by atoms with van der Waals surface area (Å²) in [7, 11) is 0. The SMILES string of the molecule is O=C(NC(=S)NCc1ccccc1Cl)c1cc(Br)ccc1OCCc1ccccc1. The highest BCUT2D eigenvalue weighted by atomic mass is 79.9. The second-order valence-corrected chi connectivity index (χ2v) is 8.18. The van der Waals surface area contributed by atoms with E-state index < -0.39 is 0 Å². The van der Waals surface area contributed by atoms with Crippen LogP contribution in [0.15, 0.2) is 77.3 Å². The summed E-state index contributed by atoms with van der Waals surface area (Å²) in [5.41, 5.74) is 2.47. The quantitative estimate of drug-likeness (QED) is 0.416. The molecule has 3 aromatic carbocycles. The first-order valence-corrected chi connectivity index (χ1v) is 10.9. The number of carbonyl (C=O) groups excluding carboxylic acids is 1. The molecule has 0 atom stereocenters. The molecule has 154 valence electrons. The van der Waals surface area contributed by atoms with Crippen molar-refractivity contribution in [2.75, 3.05) is 6.61 Å². The molecule has 2 N–H and O–H groups in total. The summed E-state index contributed by atoms with van der Waals surface area (Å²) in [4.78, 5) is 12.8. The van der Waals surface area contributed by atoms with E-state index in [1.807, 2.05) is 54.6 Å². The van der Waals surface area contributed by atoms with Gasteiger partial charge in [0.15, 0.2) is 5.11 Å². The van der Waals surface area contributed by atoms with Crippen molar-refractivity contribution in [3.63, 3.8) is 0 Å². The standard InChI is InChI=1S/C23H20BrClN2O2S/c24-18-10-11-21(29-13-12-16-6-2-1-3-7-16)19(14-18)22(28)27-23(30)26-15-17-8-4-5-9-20(17)25/h1-11,14H,12-13,15H2,(H2,26,27,28,30). The Morgan fingerprint density at radius 3 is 2.53 bits per heavy atom. The lowest BCUT2D eigenvalue weighted by Gasteiger charge is -2.14. The number of hydrogen-bond donors (Lipinski definition) is 2. The molecule has 3 rings (SSSR count). The molecule has 30 heavy (non-hydrogen) atoms. The van der Waals surface area contributed by atoms with Crippen molar-refractivity contribution in [3.8, 4) is 5.75 Å². The number of rotatable bonds is 7. The number of halogens is 2. The molecule has 0 heterocycles. The summed E-state index contributed by atoms with van der Waals surface area (Å²) in [6.45, 7) is 0.874. The molecule has 0 radical (unpaired) electrons. The average molecular weight is 504 g/mol. The van der Waals surface area contributed by atoms with Crippen LogP contribution in [0.3, 0.4) is 0 Å². The van der Waals surface area contributed by atoms with Crippen LogP contribution in [0.25, 0.3) is 0 Å². The van der Waals surface area contributed by atoms with Crippen molar-refractivity contribution >= 4 is 50.8 Å². The molecular formula is C23H20BrClN2O2S. The molecule has 0 saturated carbocycles. The van der Waals surface area contributed by atoms with Crippen molar-refractivity contribution < 1.29 is 9.53 Å². The van der Waals surface area contributed by atoms with Crippen LogP contribution in [-0.2, 0) is 13.0 Å². The lowest BCUT2D eigenvalue weighted by Crippen LogP contribution is -2.39.